The maximum atomic E-state index is 5.53. The second-order valence-electron chi connectivity index (χ2n) is 6.36. The standard InChI is InChI=1S/C21H27N3.2ClH/c22-15-9-3-1-2-4-10-16-23-21-17-11-5-7-13-19(17)24-20-14-8-6-12-18(20)21;;/h5-8,11-14H,1-4,9-10,15-16,22H2,(H,23,24);2*1H. The highest BCUT2D eigenvalue weighted by Gasteiger charge is 2.07. The van der Waals surface area contributed by atoms with Crippen LogP contribution in [0.1, 0.15) is 38.5 Å². The van der Waals surface area contributed by atoms with Crippen molar-refractivity contribution in [1.82, 2.24) is 4.98 Å². The molecule has 0 unspecified atom stereocenters. The summed E-state index contributed by atoms with van der Waals surface area (Å²) >= 11 is 0. The molecular weight excluding hydrogens is 365 g/mol. The summed E-state index contributed by atoms with van der Waals surface area (Å²) in [6.07, 6.45) is 7.51. The third kappa shape index (κ3) is 5.73. The van der Waals surface area contributed by atoms with Crippen LogP contribution in [0.2, 0.25) is 0 Å². The zero-order valence-corrected chi connectivity index (χ0v) is 16.7. The van der Waals surface area contributed by atoms with Gasteiger partial charge in [-0.15, -0.1) is 24.8 Å². The molecule has 3 rings (SSSR count). The molecule has 1 aromatic heterocycles. The Hall–Kier alpha value is -1.55. The van der Waals surface area contributed by atoms with E-state index >= 15 is 0 Å². The third-order valence-corrected chi connectivity index (χ3v) is 4.52. The summed E-state index contributed by atoms with van der Waals surface area (Å²) in [6, 6.07) is 16.8. The minimum atomic E-state index is 0. The highest BCUT2D eigenvalue weighted by Crippen LogP contribution is 2.30. The molecule has 0 saturated heterocycles. The summed E-state index contributed by atoms with van der Waals surface area (Å²) < 4.78 is 0. The van der Waals surface area contributed by atoms with E-state index in [1.807, 2.05) is 0 Å². The van der Waals surface area contributed by atoms with E-state index in [0.29, 0.717) is 0 Å². The van der Waals surface area contributed by atoms with Crippen molar-refractivity contribution < 1.29 is 0 Å². The summed E-state index contributed by atoms with van der Waals surface area (Å²) in [5, 5.41) is 6.09. The maximum Gasteiger partial charge on any atom is 0.0730 e. The van der Waals surface area contributed by atoms with Gasteiger partial charge in [-0.3, -0.25) is 0 Å². The number of hydrogen-bond donors (Lipinski definition) is 2. The van der Waals surface area contributed by atoms with Gasteiger partial charge in [0.15, 0.2) is 0 Å². The zero-order chi connectivity index (χ0) is 16.6. The predicted molar refractivity (Wildman–Crippen MR) is 119 cm³/mol. The predicted octanol–water partition coefficient (Wildman–Crippen LogP) is 5.94. The van der Waals surface area contributed by atoms with E-state index in [4.69, 9.17) is 10.7 Å². The number of rotatable bonds is 9. The Bertz CT molecular complexity index is 738. The second kappa shape index (κ2) is 11.9. The summed E-state index contributed by atoms with van der Waals surface area (Å²) in [5.41, 5.74) is 8.86. The minimum absolute atomic E-state index is 0. The molecule has 3 nitrogen and oxygen atoms in total. The number of nitrogens with one attached hydrogen (secondary N) is 1. The number of halogens is 2. The molecule has 26 heavy (non-hydrogen) atoms. The van der Waals surface area contributed by atoms with Crippen LogP contribution in [0, 0.1) is 0 Å². The fraction of sp³-hybridized carbons (Fsp3) is 0.381. The topological polar surface area (TPSA) is 50.9 Å². The maximum absolute atomic E-state index is 5.53. The number of para-hydroxylation sites is 2. The van der Waals surface area contributed by atoms with Crippen LogP contribution >= 0.6 is 24.8 Å². The van der Waals surface area contributed by atoms with Gasteiger partial charge in [-0.1, -0.05) is 62.1 Å². The number of aromatic nitrogens is 1. The fourth-order valence-corrected chi connectivity index (χ4v) is 3.22. The molecule has 0 saturated carbocycles. The van der Waals surface area contributed by atoms with Crippen LogP contribution in [0.25, 0.3) is 21.8 Å². The summed E-state index contributed by atoms with van der Waals surface area (Å²) in [4.78, 5) is 4.77. The molecule has 0 amide bonds. The van der Waals surface area contributed by atoms with E-state index in [0.717, 1.165) is 30.5 Å². The molecule has 0 aliphatic heterocycles. The van der Waals surface area contributed by atoms with Gasteiger partial charge in [-0.2, -0.15) is 0 Å². The van der Waals surface area contributed by atoms with Gasteiger partial charge in [0.1, 0.15) is 0 Å². The molecule has 1 heterocycles. The lowest BCUT2D eigenvalue weighted by molar-refractivity contribution is 0.606. The van der Waals surface area contributed by atoms with Gasteiger partial charge < -0.3 is 11.1 Å². The number of unbranched alkanes of at least 4 members (excludes halogenated alkanes) is 5. The quantitative estimate of drug-likeness (QED) is 0.349. The molecule has 0 bridgehead atoms. The number of nitrogens with zero attached hydrogens (tertiary/aromatic N) is 1. The van der Waals surface area contributed by atoms with Gasteiger partial charge in [0.25, 0.3) is 0 Å². The van der Waals surface area contributed by atoms with Crippen molar-refractivity contribution in [2.75, 3.05) is 18.4 Å². The van der Waals surface area contributed by atoms with E-state index < -0.39 is 0 Å². The Morgan fingerprint density at radius 2 is 1.19 bits per heavy atom. The minimum Gasteiger partial charge on any atom is -0.384 e. The Morgan fingerprint density at radius 1 is 0.692 bits per heavy atom. The number of hydrogen-bond acceptors (Lipinski definition) is 3. The highest BCUT2D eigenvalue weighted by molar-refractivity contribution is 6.07. The van der Waals surface area contributed by atoms with E-state index in [1.165, 1.54) is 48.6 Å². The number of benzene rings is 2. The van der Waals surface area contributed by atoms with Crippen molar-refractivity contribution in [2.45, 2.75) is 38.5 Å². The average Bonchev–Trinajstić information content (AvgIpc) is 2.63. The van der Waals surface area contributed by atoms with E-state index in [-0.39, 0.29) is 24.8 Å². The first-order chi connectivity index (χ1) is 11.9. The molecule has 5 heteroatoms. The van der Waals surface area contributed by atoms with Crippen molar-refractivity contribution in [3.05, 3.63) is 48.5 Å². The van der Waals surface area contributed by atoms with Gasteiger partial charge in [0.05, 0.1) is 16.7 Å². The third-order valence-electron chi connectivity index (χ3n) is 4.52. The van der Waals surface area contributed by atoms with Crippen molar-refractivity contribution in [3.63, 3.8) is 0 Å². The Balaban J connectivity index is 0.00000169. The molecule has 0 radical (unpaired) electrons. The van der Waals surface area contributed by atoms with Crippen molar-refractivity contribution in [3.8, 4) is 0 Å². The van der Waals surface area contributed by atoms with Crippen LogP contribution < -0.4 is 11.1 Å². The van der Waals surface area contributed by atoms with Crippen molar-refractivity contribution >= 4 is 52.3 Å². The average molecular weight is 394 g/mol. The van der Waals surface area contributed by atoms with E-state index in [1.54, 1.807) is 0 Å². The van der Waals surface area contributed by atoms with Crippen LogP contribution in [-0.2, 0) is 0 Å². The van der Waals surface area contributed by atoms with E-state index in [9.17, 15) is 0 Å². The van der Waals surface area contributed by atoms with E-state index in [2.05, 4.69) is 53.8 Å². The molecule has 0 aliphatic rings. The molecule has 2 aromatic carbocycles. The monoisotopic (exact) mass is 393 g/mol. The fourth-order valence-electron chi connectivity index (χ4n) is 3.22. The van der Waals surface area contributed by atoms with Gasteiger partial charge in [0.2, 0.25) is 0 Å². The van der Waals surface area contributed by atoms with Gasteiger partial charge in [0, 0.05) is 17.3 Å². The molecule has 0 fully saturated rings. The number of pyridine rings is 1. The van der Waals surface area contributed by atoms with Crippen LogP contribution in [0.5, 0.6) is 0 Å². The molecule has 3 aromatic rings. The normalized spacial score (nSPS) is 10.3. The first-order valence-corrected chi connectivity index (χ1v) is 9.11. The van der Waals surface area contributed by atoms with Crippen LogP contribution in [0.4, 0.5) is 5.69 Å². The van der Waals surface area contributed by atoms with Crippen molar-refractivity contribution in [1.29, 1.82) is 0 Å². The summed E-state index contributed by atoms with van der Waals surface area (Å²) in [7, 11) is 0. The Kier molecular flexibility index (Phi) is 10.3. The van der Waals surface area contributed by atoms with Crippen LogP contribution in [-0.4, -0.2) is 18.1 Å². The molecular formula is C21H29Cl2N3. The lowest BCUT2D eigenvalue weighted by Crippen LogP contribution is -2.03. The number of nitrogens with two attached hydrogens (primary N) is 1. The summed E-state index contributed by atoms with van der Waals surface area (Å²) in [6.45, 7) is 1.83. The van der Waals surface area contributed by atoms with Crippen LogP contribution in [0.15, 0.2) is 48.5 Å². The van der Waals surface area contributed by atoms with Gasteiger partial charge in [-0.05, 0) is 31.5 Å². The van der Waals surface area contributed by atoms with Gasteiger partial charge in [-0.25, -0.2) is 4.98 Å². The largest absolute Gasteiger partial charge is 0.384 e. The molecule has 3 N–H and O–H groups in total. The Labute approximate surface area is 168 Å². The smallest absolute Gasteiger partial charge is 0.0730 e. The molecule has 0 spiro atoms. The molecule has 0 aliphatic carbocycles. The lowest BCUT2D eigenvalue weighted by Gasteiger charge is -2.13. The zero-order valence-electron chi connectivity index (χ0n) is 15.1. The second-order valence-corrected chi connectivity index (χ2v) is 6.36. The number of anilines is 1. The van der Waals surface area contributed by atoms with Gasteiger partial charge >= 0.3 is 0 Å². The first kappa shape index (κ1) is 22.5. The van der Waals surface area contributed by atoms with Crippen molar-refractivity contribution in [2.24, 2.45) is 5.73 Å². The first-order valence-electron chi connectivity index (χ1n) is 9.11. The highest BCUT2D eigenvalue weighted by atomic mass is 35.5. The molecule has 0 atom stereocenters. The molecule has 142 valence electrons. The lowest BCUT2D eigenvalue weighted by atomic mass is 10.1. The SMILES string of the molecule is Cl.Cl.NCCCCCCCCNc1c2ccccc2nc2ccccc12. The number of fused-ring (bicyclic) bond motifs is 2. The summed E-state index contributed by atoms with van der Waals surface area (Å²) in [5.74, 6) is 0. The van der Waals surface area contributed by atoms with Crippen LogP contribution in [0.3, 0.4) is 0 Å². The Morgan fingerprint density at radius 3 is 1.77 bits per heavy atom.